The van der Waals surface area contributed by atoms with Gasteiger partial charge in [0.2, 0.25) is 0 Å². The number of hydrazine groups is 1. The van der Waals surface area contributed by atoms with E-state index in [2.05, 4.69) is 12.3 Å². The van der Waals surface area contributed by atoms with Crippen molar-refractivity contribution in [3.63, 3.8) is 0 Å². The molecule has 1 aromatic rings. The van der Waals surface area contributed by atoms with Gasteiger partial charge in [0.05, 0.1) is 11.8 Å². The maximum absolute atomic E-state index is 12.4. The van der Waals surface area contributed by atoms with E-state index >= 15 is 0 Å². The average Bonchev–Trinajstić information content (AvgIpc) is 2.72. The average molecular weight is 321 g/mol. The number of benzene rings is 1. The molecule has 3 amide bonds. The fourth-order valence-corrected chi connectivity index (χ4v) is 3.39. The molecule has 1 heterocycles. The third-order valence-corrected chi connectivity index (χ3v) is 4.76. The van der Waals surface area contributed by atoms with Crippen LogP contribution in [-0.4, -0.2) is 22.7 Å². The molecule has 0 spiro atoms. The van der Waals surface area contributed by atoms with E-state index < -0.39 is 5.91 Å². The van der Waals surface area contributed by atoms with Crippen LogP contribution in [0.3, 0.4) is 0 Å². The van der Waals surface area contributed by atoms with Crippen LogP contribution in [0.1, 0.15) is 36.5 Å². The van der Waals surface area contributed by atoms with Crippen molar-refractivity contribution in [3.05, 3.63) is 34.9 Å². The molecule has 1 aliphatic heterocycles. The maximum atomic E-state index is 12.4. The van der Waals surface area contributed by atoms with Crippen LogP contribution >= 0.6 is 11.6 Å². The van der Waals surface area contributed by atoms with Crippen LogP contribution in [0.5, 0.6) is 0 Å². The van der Waals surface area contributed by atoms with Crippen molar-refractivity contribution in [2.45, 2.75) is 26.2 Å². The van der Waals surface area contributed by atoms with Gasteiger partial charge in [-0.15, -0.1) is 0 Å². The lowest BCUT2D eigenvalue weighted by molar-refractivity contribution is -0.142. The topological polar surface area (TPSA) is 66.5 Å². The van der Waals surface area contributed by atoms with E-state index in [-0.39, 0.29) is 23.7 Å². The SMILES string of the molecule is C[C@@H]1CC[C@H]2C(=O)N(NC(=O)c3ccc(Cl)cc3)C(=O)[C@H]2C1. The van der Waals surface area contributed by atoms with Gasteiger partial charge in [-0.05, 0) is 49.4 Å². The minimum atomic E-state index is -0.481. The Labute approximate surface area is 133 Å². The van der Waals surface area contributed by atoms with E-state index in [4.69, 9.17) is 11.6 Å². The van der Waals surface area contributed by atoms with E-state index in [1.165, 1.54) is 0 Å². The second-order valence-electron chi connectivity index (χ2n) is 6.09. The highest BCUT2D eigenvalue weighted by atomic mass is 35.5. The van der Waals surface area contributed by atoms with Crippen molar-refractivity contribution < 1.29 is 14.4 Å². The van der Waals surface area contributed by atoms with Crippen molar-refractivity contribution in [3.8, 4) is 0 Å². The van der Waals surface area contributed by atoms with Crippen LogP contribution in [0.15, 0.2) is 24.3 Å². The predicted octanol–water partition coefficient (Wildman–Crippen LogP) is 2.41. The molecule has 1 aromatic carbocycles. The lowest BCUT2D eigenvalue weighted by Gasteiger charge is -2.25. The predicted molar refractivity (Wildman–Crippen MR) is 80.8 cm³/mol. The Morgan fingerprint density at radius 2 is 1.77 bits per heavy atom. The highest BCUT2D eigenvalue weighted by molar-refractivity contribution is 6.30. The number of hydrogen-bond acceptors (Lipinski definition) is 3. The Morgan fingerprint density at radius 3 is 2.45 bits per heavy atom. The molecule has 3 atom stereocenters. The van der Waals surface area contributed by atoms with Gasteiger partial charge in [0, 0.05) is 10.6 Å². The molecule has 3 rings (SSSR count). The van der Waals surface area contributed by atoms with Gasteiger partial charge in [-0.3, -0.25) is 19.8 Å². The minimum absolute atomic E-state index is 0.283. The molecule has 1 saturated carbocycles. The second kappa shape index (κ2) is 5.72. The summed E-state index contributed by atoms with van der Waals surface area (Å²) in [5.41, 5.74) is 2.79. The van der Waals surface area contributed by atoms with Crippen LogP contribution < -0.4 is 5.43 Å². The Morgan fingerprint density at radius 1 is 1.14 bits per heavy atom. The molecule has 1 saturated heterocycles. The molecule has 2 aliphatic rings. The van der Waals surface area contributed by atoms with E-state index in [9.17, 15) is 14.4 Å². The number of nitrogens with zero attached hydrogens (tertiary/aromatic N) is 1. The Kier molecular flexibility index (Phi) is 3.91. The summed E-state index contributed by atoms with van der Waals surface area (Å²) in [6, 6.07) is 6.28. The number of imide groups is 1. The molecule has 1 N–H and O–H groups in total. The van der Waals surface area contributed by atoms with Crippen molar-refractivity contribution in [2.24, 2.45) is 17.8 Å². The molecule has 1 aliphatic carbocycles. The Bertz CT molecular complexity index is 629. The molecule has 0 bridgehead atoms. The normalized spacial score (nSPS) is 27.7. The monoisotopic (exact) mass is 320 g/mol. The first-order valence-corrected chi connectivity index (χ1v) is 7.79. The zero-order chi connectivity index (χ0) is 15.9. The molecule has 2 fully saturated rings. The van der Waals surface area contributed by atoms with Gasteiger partial charge in [0.1, 0.15) is 0 Å². The smallest absolute Gasteiger partial charge is 0.270 e. The number of nitrogens with one attached hydrogen (secondary N) is 1. The maximum Gasteiger partial charge on any atom is 0.270 e. The first-order valence-electron chi connectivity index (χ1n) is 7.41. The molecule has 6 heteroatoms. The second-order valence-corrected chi connectivity index (χ2v) is 6.53. The summed E-state index contributed by atoms with van der Waals surface area (Å²) >= 11 is 5.78. The third-order valence-electron chi connectivity index (χ3n) is 4.51. The van der Waals surface area contributed by atoms with E-state index in [0.717, 1.165) is 11.4 Å². The van der Waals surface area contributed by atoms with E-state index in [1.807, 2.05) is 0 Å². The van der Waals surface area contributed by atoms with Crippen LogP contribution in [-0.2, 0) is 9.59 Å². The summed E-state index contributed by atoms with van der Waals surface area (Å²) in [5, 5.41) is 1.43. The number of halogens is 1. The summed E-state index contributed by atoms with van der Waals surface area (Å²) in [4.78, 5) is 36.9. The minimum Gasteiger partial charge on any atom is -0.272 e. The molecule has 116 valence electrons. The zero-order valence-electron chi connectivity index (χ0n) is 12.2. The van der Waals surface area contributed by atoms with Crippen molar-refractivity contribution in [1.82, 2.24) is 10.4 Å². The highest BCUT2D eigenvalue weighted by Gasteiger charge is 2.50. The Hall–Kier alpha value is -1.88. The summed E-state index contributed by atoms with van der Waals surface area (Å²) in [6.45, 7) is 2.09. The number of carbonyl (C=O) groups is 3. The quantitative estimate of drug-likeness (QED) is 0.851. The van der Waals surface area contributed by atoms with Gasteiger partial charge < -0.3 is 0 Å². The molecule has 0 unspecified atom stereocenters. The van der Waals surface area contributed by atoms with Gasteiger partial charge in [-0.1, -0.05) is 18.5 Å². The van der Waals surface area contributed by atoms with Crippen LogP contribution in [0, 0.1) is 17.8 Å². The standard InChI is InChI=1S/C16H17ClN2O3/c1-9-2-7-12-13(8-9)16(22)19(15(12)21)18-14(20)10-3-5-11(17)6-4-10/h3-6,9,12-13H,2,7-8H2,1H3,(H,18,20)/t9-,12-,13+/m1/s1. The van der Waals surface area contributed by atoms with E-state index in [1.54, 1.807) is 24.3 Å². The summed E-state index contributed by atoms with van der Waals surface area (Å²) in [5.74, 6) is -1.20. The van der Waals surface area contributed by atoms with Crippen molar-refractivity contribution >= 4 is 29.3 Å². The molecule has 0 radical (unpaired) electrons. The molecule has 5 nitrogen and oxygen atoms in total. The summed E-state index contributed by atoms with van der Waals surface area (Å²) in [6.07, 6.45) is 2.37. The molecular weight excluding hydrogens is 304 g/mol. The van der Waals surface area contributed by atoms with E-state index in [0.29, 0.717) is 29.3 Å². The van der Waals surface area contributed by atoms with Gasteiger partial charge in [-0.2, -0.15) is 5.01 Å². The largest absolute Gasteiger partial charge is 0.272 e. The lowest BCUT2D eigenvalue weighted by Crippen LogP contribution is -2.46. The van der Waals surface area contributed by atoms with Crippen LogP contribution in [0.2, 0.25) is 5.02 Å². The third kappa shape index (κ3) is 2.61. The fourth-order valence-electron chi connectivity index (χ4n) is 3.27. The number of carbonyl (C=O) groups excluding carboxylic acids is 3. The summed E-state index contributed by atoms with van der Waals surface area (Å²) in [7, 11) is 0. The van der Waals surface area contributed by atoms with Crippen LogP contribution in [0.4, 0.5) is 0 Å². The molecule has 22 heavy (non-hydrogen) atoms. The Balaban J connectivity index is 1.75. The number of rotatable bonds is 2. The van der Waals surface area contributed by atoms with Crippen molar-refractivity contribution in [1.29, 1.82) is 0 Å². The zero-order valence-corrected chi connectivity index (χ0v) is 13.0. The van der Waals surface area contributed by atoms with Gasteiger partial charge in [0.25, 0.3) is 17.7 Å². The van der Waals surface area contributed by atoms with Gasteiger partial charge in [-0.25, -0.2) is 0 Å². The van der Waals surface area contributed by atoms with Crippen LogP contribution in [0.25, 0.3) is 0 Å². The first kappa shape index (κ1) is 15.0. The number of fused-ring (bicyclic) bond motifs is 1. The lowest BCUT2D eigenvalue weighted by atomic mass is 9.76. The molecule has 0 aromatic heterocycles. The van der Waals surface area contributed by atoms with Gasteiger partial charge >= 0.3 is 0 Å². The fraction of sp³-hybridized carbons (Fsp3) is 0.438. The highest BCUT2D eigenvalue weighted by Crippen LogP contribution is 2.39. The number of hydrogen-bond donors (Lipinski definition) is 1. The van der Waals surface area contributed by atoms with Gasteiger partial charge in [0.15, 0.2) is 0 Å². The first-order chi connectivity index (χ1) is 10.5. The molecular formula is C16H17ClN2O3. The number of amides is 3. The summed E-state index contributed by atoms with van der Waals surface area (Å²) < 4.78 is 0. The van der Waals surface area contributed by atoms with Crippen molar-refractivity contribution in [2.75, 3.05) is 0 Å².